The first-order valence-corrected chi connectivity index (χ1v) is 5.17. The smallest absolute Gasteiger partial charge is 0.180 e. The van der Waals surface area contributed by atoms with E-state index in [1.807, 2.05) is 6.07 Å². The van der Waals surface area contributed by atoms with Crippen molar-refractivity contribution in [3.8, 4) is 5.75 Å². The zero-order valence-electron chi connectivity index (χ0n) is 7.41. The van der Waals surface area contributed by atoms with Gasteiger partial charge in [0.2, 0.25) is 0 Å². The number of aromatic nitrogens is 1. The van der Waals surface area contributed by atoms with E-state index in [9.17, 15) is 5.11 Å². The highest BCUT2D eigenvalue weighted by atomic mass is 32.1. The van der Waals surface area contributed by atoms with Gasteiger partial charge in [-0.3, -0.25) is 5.11 Å². The molecule has 0 unspecified atom stereocenters. The summed E-state index contributed by atoms with van der Waals surface area (Å²) in [5, 5.41) is 12.1. The Morgan fingerprint density at radius 3 is 3.08 bits per heavy atom. The Balaban J connectivity index is 2.49. The second-order valence-electron chi connectivity index (χ2n) is 2.99. The van der Waals surface area contributed by atoms with Crippen LogP contribution in [0.4, 0.5) is 0 Å². The number of aryl methyl sites for hydroxylation is 1. The molecule has 0 amide bonds. The number of nitrogens with zero attached hydrogens (tertiary/aromatic N) is 1. The van der Waals surface area contributed by atoms with Crippen LogP contribution in [-0.2, 0) is 11.5 Å². The van der Waals surface area contributed by atoms with Gasteiger partial charge in [-0.15, -0.1) is 11.3 Å². The second-order valence-corrected chi connectivity index (χ2v) is 4.10. The highest BCUT2D eigenvalue weighted by Crippen LogP contribution is 2.26. The third-order valence-electron chi connectivity index (χ3n) is 1.87. The minimum Gasteiger partial charge on any atom is -0.290 e. The molecule has 1 aromatic carbocycles. The first-order chi connectivity index (χ1) is 6.29. The predicted molar refractivity (Wildman–Crippen MR) is 53.7 cm³/mol. The van der Waals surface area contributed by atoms with E-state index in [1.54, 1.807) is 23.5 Å². The van der Waals surface area contributed by atoms with E-state index in [2.05, 4.69) is 11.9 Å². The molecule has 1 heterocycles. The van der Waals surface area contributed by atoms with Gasteiger partial charge in [0.15, 0.2) is 5.75 Å². The monoisotopic (exact) mass is 192 g/mol. The molecule has 0 fully saturated rings. The molecule has 0 atom stereocenters. The van der Waals surface area contributed by atoms with Crippen molar-refractivity contribution in [3.63, 3.8) is 0 Å². The van der Waals surface area contributed by atoms with E-state index < -0.39 is 0 Å². The van der Waals surface area contributed by atoms with Crippen LogP contribution < -0.4 is 0 Å². The Hall–Kier alpha value is -1.09. The molecule has 0 aliphatic heterocycles. The SMILES string of the molecule is CCCc1nc2cc([O])ccc2s1. The summed E-state index contributed by atoms with van der Waals surface area (Å²) >= 11 is 1.68. The first-order valence-electron chi connectivity index (χ1n) is 4.36. The van der Waals surface area contributed by atoms with E-state index in [0.29, 0.717) is 0 Å². The Morgan fingerprint density at radius 2 is 2.31 bits per heavy atom. The quantitative estimate of drug-likeness (QED) is 0.717. The van der Waals surface area contributed by atoms with Crippen molar-refractivity contribution in [1.82, 2.24) is 4.98 Å². The Kier molecular flexibility index (Phi) is 2.19. The van der Waals surface area contributed by atoms with Crippen LogP contribution in [0, 0.1) is 0 Å². The highest BCUT2D eigenvalue weighted by Gasteiger charge is 2.03. The van der Waals surface area contributed by atoms with Gasteiger partial charge < -0.3 is 0 Å². The van der Waals surface area contributed by atoms with Crippen molar-refractivity contribution in [2.24, 2.45) is 0 Å². The van der Waals surface area contributed by atoms with E-state index in [1.165, 1.54) is 0 Å². The van der Waals surface area contributed by atoms with Crippen LogP contribution in [0.25, 0.3) is 10.2 Å². The van der Waals surface area contributed by atoms with Crippen LogP contribution in [0.5, 0.6) is 5.75 Å². The van der Waals surface area contributed by atoms with Crippen molar-refractivity contribution in [3.05, 3.63) is 23.2 Å². The van der Waals surface area contributed by atoms with Crippen LogP contribution in [0.15, 0.2) is 18.2 Å². The summed E-state index contributed by atoms with van der Waals surface area (Å²) in [7, 11) is 0. The normalized spacial score (nSPS) is 10.8. The van der Waals surface area contributed by atoms with Gasteiger partial charge in [-0.25, -0.2) is 4.98 Å². The van der Waals surface area contributed by atoms with E-state index in [4.69, 9.17) is 0 Å². The topological polar surface area (TPSA) is 32.8 Å². The number of hydrogen-bond acceptors (Lipinski definition) is 2. The lowest BCUT2D eigenvalue weighted by Crippen LogP contribution is -1.78. The average molecular weight is 192 g/mol. The van der Waals surface area contributed by atoms with Gasteiger partial charge >= 0.3 is 0 Å². The number of hydrogen-bond donors (Lipinski definition) is 0. The third-order valence-corrected chi connectivity index (χ3v) is 2.96. The van der Waals surface area contributed by atoms with Crippen LogP contribution in [-0.4, -0.2) is 4.98 Å². The molecule has 13 heavy (non-hydrogen) atoms. The molecular formula is C10H10NOS. The lowest BCUT2D eigenvalue weighted by atomic mass is 10.3. The zero-order chi connectivity index (χ0) is 9.26. The molecule has 0 aliphatic carbocycles. The summed E-state index contributed by atoms with van der Waals surface area (Å²) in [5.74, 6) is 0.0425. The lowest BCUT2D eigenvalue weighted by molar-refractivity contribution is 0.355. The zero-order valence-corrected chi connectivity index (χ0v) is 8.23. The summed E-state index contributed by atoms with van der Waals surface area (Å²) in [6, 6.07) is 5.05. The largest absolute Gasteiger partial charge is 0.290 e. The fourth-order valence-corrected chi connectivity index (χ4v) is 2.33. The van der Waals surface area contributed by atoms with Crippen molar-refractivity contribution in [2.45, 2.75) is 19.8 Å². The van der Waals surface area contributed by atoms with Crippen molar-refractivity contribution in [2.75, 3.05) is 0 Å². The van der Waals surface area contributed by atoms with Crippen molar-refractivity contribution < 1.29 is 5.11 Å². The molecule has 0 spiro atoms. The maximum atomic E-state index is 11.0. The number of fused-ring (bicyclic) bond motifs is 1. The van der Waals surface area contributed by atoms with E-state index >= 15 is 0 Å². The molecule has 3 heteroatoms. The number of benzene rings is 1. The number of rotatable bonds is 2. The molecular weight excluding hydrogens is 182 g/mol. The first kappa shape index (κ1) is 8.51. The minimum atomic E-state index is 0.0425. The summed E-state index contributed by atoms with van der Waals surface area (Å²) in [5.41, 5.74) is 0.848. The summed E-state index contributed by atoms with van der Waals surface area (Å²) in [6.45, 7) is 2.13. The van der Waals surface area contributed by atoms with Gasteiger partial charge in [-0.2, -0.15) is 0 Å². The van der Waals surface area contributed by atoms with Gasteiger partial charge in [0, 0.05) is 6.07 Å². The van der Waals surface area contributed by atoms with Crippen LogP contribution in [0.2, 0.25) is 0 Å². The molecule has 2 rings (SSSR count). The van der Waals surface area contributed by atoms with Crippen LogP contribution >= 0.6 is 11.3 Å². The molecule has 2 aromatic rings. The van der Waals surface area contributed by atoms with Gasteiger partial charge in [0.1, 0.15) is 0 Å². The Bertz CT molecular complexity index is 422. The van der Waals surface area contributed by atoms with Gasteiger partial charge in [-0.05, 0) is 25.0 Å². The van der Waals surface area contributed by atoms with Crippen molar-refractivity contribution >= 4 is 21.6 Å². The average Bonchev–Trinajstić information content (AvgIpc) is 2.46. The summed E-state index contributed by atoms with van der Waals surface area (Å²) in [6.07, 6.45) is 2.11. The molecule has 67 valence electrons. The molecule has 0 saturated carbocycles. The minimum absolute atomic E-state index is 0.0425. The Morgan fingerprint density at radius 1 is 1.46 bits per heavy atom. The van der Waals surface area contributed by atoms with E-state index in [0.717, 1.165) is 28.1 Å². The van der Waals surface area contributed by atoms with Gasteiger partial charge in [-0.1, -0.05) is 6.92 Å². The molecule has 1 aromatic heterocycles. The predicted octanol–water partition coefficient (Wildman–Crippen LogP) is 3.39. The summed E-state index contributed by atoms with van der Waals surface area (Å²) < 4.78 is 1.11. The van der Waals surface area contributed by atoms with Gasteiger partial charge in [0.25, 0.3) is 0 Å². The maximum Gasteiger partial charge on any atom is 0.180 e. The standard InChI is InChI=1S/C10H10NOS/c1-2-3-10-11-8-6-7(12)4-5-9(8)13-10/h4-6H,2-3H2,1H3. The number of thiazole rings is 1. The fourth-order valence-electron chi connectivity index (χ4n) is 1.28. The molecule has 2 nitrogen and oxygen atoms in total. The van der Waals surface area contributed by atoms with Crippen LogP contribution in [0.1, 0.15) is 18.4 Å². The second kappa shape index (κ2) is 3.34. The maximum absolute atomic E-state index is 11.0. The summed E-state index contributed by atoms with van der Waals surface area (Å²) in [4.78, 5) is 4.38. The molecule has 0 bridgehead atoms. The van der Waals surface area contributed by atoms with E-state index in [-0.39, 0.29) is 5.75 Å². The molecule has 1 radical (unpaired) electrons. The molecule has 0 aliphatic rings. The lowest BCUT2D eigenvalue weighted by Gasteiger charge is -1.85. The highest BCUT2D eigenvalue weighted by molar-refractivity contribution is 7.18. The molecule has 0 saturated heterocycles. The third kappa shape index (κ3) is 1.65. The van der Waals surface area contributed by atoms with Crippen molar-refractivity contribution in [1.29, 1.82) is 0 Å². The fraction of sp³-hybridized carbons (Fsp3) is 0.300. The van der Waals surface area contributed by atoms with Gasteiger partial charge in [0.05, 0.1) is 15.2 Å². The molecule has 0 N–H and O–H groups in total. The Labute approximate surface area is 80.9 Å². The van der Waals surface area contributed by atoms with Crippen LogP contribution in [0.3, 0.4) is 0 Å².